The summed E-state index contributed by atoms with van der Waals surface area (Å²) in [5.74, 6) is 0. The highest BCUT2D eigenvalue weighted by Crippen LogP contribution is 2.19. The summed E-state index contributed by atoms with van der Waals surface area (Å²) < 4.78 is 2.15. The summed E-state index contributed by atoms with van der Waals surface area (Å²) in [5.41, 5.74) is 3.61. The maximum atomic E-state index is 8.69. The van der Waals surface area contributed by atoms with E-state index in [9.17, 15) is 0 Å². The van der Waals surface area contributed by atoms with Crippen molar-refractivity contribution in [3.05, 3.63) is 104 Å². The Hall–Kier alpha value is -1.42. The fraction of sp³-hybridized carbons (Fsp3) is 0.100. The first-order valence-electron chi connectivity index (χ1n) is 7.32. The minimum Gasteiger partial charge on any atom is -0.392 e. The summed E-state index contributed by atoms with van der Waals surface area (Å²) in [4.78, 5) is 0. The third kappa shape index (κ3) is 5.94. The molecule has 0 amide bonds. The van der Waals surface area contributed by atoms with Crippen LogP contribution in [0.1, 0.15) is 16.7 Å². The maximum Gasteiger partial charge on any atom is 0.0692 e. The van der Waals surface area contributed by atoms with Crippen LogP contribution in [0.4, 0.5) is 0 Å². The first-order valence-corrected chi connectivity index (χ1v) is 8.91. The van der Waals surface area contributed by atoms with Crippen LogP contribution in [-0.4, -0.2) is 5.11 Å². The molecule has 0 aliphatic rings. The molecule has 0 fully saturated rings. The lowest BCUT2D eigenvalue weighted by molar-refractivity contribution is 0.281. The zero-order chi connectivity index (χ0) is 16.5. The van der Waals surface area contributed by atoms with Crippen molar-refractivity contribution in [1.29, 1.82) is 0 Å². The van der Waals surface area contributed by atoms with Crippen LogP contribution >= 0.6 is 31.9 Å². The van der Waals surface area contributed by atoms with Gasteiger partial charge >= 0.3 is 0 Å². The number of aliphatic hydroxyl groups is 1. The molecule has 0 aliphatic heterocycles. The standard InChI is InChI=1S/C13H11Br.C7H7BrO/c14-13-9-5-4-8-12(13)10-11-6-2-1-3-7-11;8-7-4-2-1-3-6(7)5-9/h1-9H,10H2;1-4,9H,5H2. The Kier molecular flexibility index (Phi) is 7.53. The molecule has 0 heterocycles. The van der Waals surface area contributed by atoms with Crippen molar-refractivity contribution in [2.45, 2.75) is 13.0 Å². The highest BCUT2D eigenvalue weighted by molar-refractivity contribution is 9.10. The summed E-state index contributed by atoms with van der Waals surface area (Å²) in [6.07, 6.45) is 0.988. The van der Waals surface area contributed by atoms with Gasteiger partial charge in [-0.2, -0.15) is 0 Å². The van der Waals surface area contributed by atoms with Gasteiger partial charge < -0.3 is 5.11 Å². The quantitative estimate of drug-likeness (QED) is 0.538. The van der Waals surface area contributed by atoms with E-state index < -0.39 is 0 Å². The van der Waals surface area contributed by atoms with Crippen molar-refractivity contribution < 1.29 is 5.11 Å². The van der Waals surface area contributed by atoms with Crippen LogP contribution < -0.4 is 0 Å². The second-order valence-corrected chi connectivity index (χ2v) is 6.71. The van der Waals surface area contributed by atoms with Gasteiger partial charge in [-0.15, -0.1) is 0 Å². The number of hydrogen-bond donors (Lipinski definition) is 1. The van der Waals surface area contributed by atoms with Crippen LogP contribution in [-0.2, 0) is 13.0 Å². The lowest BCUT2D eigenvalue weighted by Gasteiger charge is -2.03. The van der Waals surface area contributed by atoms with Crippen LogP contribution in [0.15, 0.2) is 87.8 Å². The third-order valence-electron chi connectivity index (χ3n) is 3.32. The molecule has 23 heavy (non-hydrogen) atoms. The van der Waals surface area contributed by atoms with E-state index in [1.165, 1.54) is 15.6 Å². The second kappa shape index (κ2) is 9.66. The van der Waals surface area contributed by atoms with E-state index in [1.807, 2.05) is 36.4 Å². The smallest absolute Gasteiger partial charge is 0.0692 e. The van der Waals surface area contributed by atoms with Crippen molar-refractivity contribution in [2.24, 2.45) is 0 Å². The number of rotatable bonds is 3. The molecule has 0 saturated heterocycles. The molecule has 0 saturated carbocycles. The summed E-state index contributed by atoms with van der Waals surface area (Å²) in [6, 6.07) is 26.5. The van der Waals surface area contributed by atoms with Crippen LogP contribution in [0.25, 0.3) is 0 Å². The lowest BCUT2D eigenvalue weighted by atomic mass is 10.1. The molecule has 0 aliphatic carbocycles. The molecule has 3 rings (SSSR count). The van der Waals surface area contributed by atoms with Crippen LogP contribution in [0.3, 0.4) is 0 Å². The SMILES string of the molecule is Brc1ccccc1Cc1ccccc1.OCc1ccccc1Br. The molecule has 0 radical (unpaired) electrons. The molecule has 0 bridgehead atoms. The average molecular weight is 434 g/mol. The van der Waals surface area contributed by atoms with Gasteiger partial charge in [0.15, 0.2) is 0 Å². The monoisotopic (exact) mass is 432 g/mol. The molecular weight excluding hydrogens is 416 g/mol. The topological polar surface area (TPSA) is 20.2 Å². The molecule has 0 aromatic heterocycles. The van der Waals surface area contributed by atoms with E-state index in [2.05, 4.69) is 74.3 Å². The zero-order valence-electron chi connectivity index (χ0n) is 12.6. The predicted octanol–water partition coefficient (Wildman–Crippen LogP) is 5.98. The van der Waals surface area contributed by atoms with Crippen molar-refractivity contribution in [2.75, 3.05) is 0 Å². The fourth-order valence-corrected chi connectivity index (χ4v) is 2.92. The van der Waals surface area contributed by atoms with E-state index >= 15 is 0 Å². The highest BCUT2D eigenvalue weighted by atomic mass is 79.9. The van der Waals surface area contributed by atoms with Crippen molar-refractivity contribution in [3.63, 3.8) is 0 Å². The van der Waals surface area contributed by atoms with Crippen LogP contribution in [0, 0.1) is 0 Å². The molecule has 3 aromatic rings. The van der Waals surface area contributed by atoms with Crippen LogP contribution in [0.5, 0.6) is 0 Å². The lowest BCUT2D eigenvalue weighted by Crippen LogP contribution is -1.88. The average Bonchev–Trinajstić information content (AvgIpc) is 2.59. The van der Waals surface area contributed by atoms with Gasteiger partial charge in [0, 0.05) is 8.95 Å². The Labute approximate surface area is 154 Å². The Morgan fingerprint density at radius 1 is 0.609 bits per heavy atom. The maximum absolute atomic E-state index is 8.69. The Morgan fingerprint density at radius 3 is 1.57 bits per heavy atom. The molecule has 0 unspecified atom stereocenters. The molecular formula is C20H18Br2O. The Balaban J connectivity index is 0.000000185. The molecule has 3 heteroatoms. The fourth-order valence-electron chi connectivity index (χ4n) is 2.08. The summed E-state index contributed by atoms with van der Waals surface area (Å²) in [6.45, 7) is 0.0986. The predicted molar refractivity (Wildman–Crippen MR) is 103 cm³/mol. The molecule has 0 spiro atoms. The normalized spacial score (nSPS) is 9.87. The van der Waals surface area contributed by atoms with E-state index in [-0.39, 0.29) is 6.61 Å². The molecule has 1 N–H and O–H groups in total. The van der Waals surface area contributed by atoms with Crippen molar-refractivity contribution >= 4 is 31.9 Å². The van der Waals surface area contributed by atoms with Gasteiger partial charge in [0.1, 0.15) is 0 Å². The van der Waals surface area contributed by atoms with Gasteiger partial charge in [-0.1, -0.05) is 98.6 Å². The first kappa shape index (κ1) is 17.9. The number of benzene rings is 3. The first-order chi connectivity index (χ1) is 11.2. The van der Waals surface area contributed by atoms with Crippen molar-refractivity contribution in [3.8, 4) is 0 Å². The molecule has 118 valence electrons. The van der Waals surface area contributed by atoms with Gasteiger partial charge in [-0.05, 0) is 35.2 Å². The van der Waals surface area contributed by atoms with Gasteiger partial charge in [0.05, 0.1) is 6.61 Å². The number of halogens is 2. The Bertz CT molecular complexity index is 726. The Morgan fingerprint density at radius 2 is 1.09 bits per heavy atom. The van der Waals surface area contributed by atoms with Gasteiger partial charge in [-0.25, -0.2) is 0 Å². The van der Waals surface area contributed by atoms with Crippen LogP contribution in [0.2, 0.25) is 0 Å². The van der Waals surface area contributed by atoms with E-state index in [0.717, 1.165) is 16.5 Å². The number of aliphatic hydroxyl groups excluding tert-OH is 1. The summed E-state index contributed by atoms with van der Waals surface area (Å²) >= 11 is 6.85. The van der Waals surface area contributed by atoms with Gasteiger partial charge in [0.2, 0.25) is 0 Å². The summed E-state index contributed by atoms with van der Waals surface area (Å²) in [5, 5.41) is 8.69. The largest absolute Gasteiger partial charge is 0.392 e. The third-order valence-corrected chi connectivity index (χ3v) is 4.87. The van der Waals surface area contributed by atoms with Gasteiger partial charge in [-0.3, -0.25) is 0 Å². The minimum atomic E-state index is 0.0986. The molecule has 0 atom stereocenters. The molecule has 3 aromatic carbocycles. The minimum absolute atomic E-state index is 0.0986. The number of hydrogen-bond acceptors (Lipinski definition) is 1. The zero-order valence-corrected chi connectivity index (χ0v) is 15.8. The summed E-state index contributed by atoms with van der Waals surface area (Å²) in [7, 11) is 0. The van der Waals surface area contributed by atoms with E-state index in [1.54, 1.807) is 0 Å². The second-order valence-electron chi connectivity index (χ2n) is 5.00. The molecule has 1 nitrogen and oxygen atoms in total. The van der Waals surface area contributed by atoms with E-state index in [0.29, 0.717) is 0 Å². The van der Waals surface area contributed by atoms with Gasteiger partial charge in [0.25, 0.3) is 0 Å². The van der Waals surface area contributed by atoms with E-state index in [4.69, 9.17) is 5.11 Å². The van der Waals surface area contributed by atoms with Crippen molar-refractivity contribution in [1.82, 2.24) is 0 Å². The highest BCUT2D eigenvalue weighted by Gasteiger charge is 1.98.